The highest BCUT2D eigenvalue weighted by molar-refractivity contribution is 7.15. The lowest BCUT2D eigenvalue weighted by Gasteiger charge is -2.15. The number of thiazole rings is 1. The Morgan fingerprint density at radius 3 is 2.76 bits per heavy atom. The Balaban J connectivity index is 1.28. The van der Waals surface area contributed by atoms with Crippen molar-refractivity contribution in [3.63, 3.8) is 0 Å². The average Bonchev–Trinajstić information content (AvgIpc) is 3.19. The fourth-order valence-electron chi connectivity index (χ4n) is 3.82. The number of rotatable bonds is 6. The monoisotopic (exact) mass is 406 g/mol. The summed E-state index contributed by atoms with van der Waals surface area (Å²) in [6.45, 7) is 2.43. The summed E-state index contributed by atoms with van der Waals surface area (Å²) in [5, 5.41) is 3.71. The summed E-state index contributed by atoms with van der Waals surface area (Å²) < 4.78 is 10.9. The molecule has 1 aliphatic carbocycles. The number of carbonyl (C=O) groups excluding carboxylic acids is 1. The zero-order valence-electron chi connectivity index (χ0n) is 16.2. The summed E-state index contributed by atoms with van der Waals surface area (Å²) in [6.07, 6.45) is 4.51. The highest BCUT2D eigenvalue weighted by atomic mass is 32.1. The molecule has 29 heavy (non-hydrogen) atoms. The van der Waals surface area contributed by atoms with Gasteiger partial charge in [0.15, 0.2) is 16.6 Å². The summed E-state index contributed by atoms with van der Waals surface area (Å²) in [4.78, 5) is 18.7. The van der Waals surface area contributed by atoms with Gasteiger partial charge in [-0.1, -0.05) is 43.3 Å². The summed E-state index contributed by atoms with van der Waals surface area (Å²) in [6, 6.07) is 16.2. The fourth-order valence-corrected chi connectivity index (χ4v) is 4.69. The minimum Gasteiger partial charge on any atom is -0.454 e. The lowest BCUT2D eigenvalue weighted by molar-refractivity contribution is -0.118. The normalized spacial score (nSPS) is 17.0. The Bertz CT molecular complexity index is 1040. The van der Waals surface area contributed by atoms with Gasteiger partial charge in [0.05, 0.1) is 5.41 Å². The van der Waals surface area contributed by atoms with Gasteiger partial charge in [-0.3, -0.25) is 4.79 Å². The molecule has 0 spiro atoms. The van der Waals surface area contributed by atoms with E-state index in [-0.39, 0.29) is 12.7 Å². The molecule has 3 aromatic rings. The third kappa shape index (κ3) is 3.49. The van der Waals surface area contributed by atoms with Gasteiger partial charge in [0.1, 0.15) is 0 Å². The van der Waals surface area contributed by atoms with Crippen LogP contribution in [0.3, 0.4) is 0 Å². The third-order valence-corrected chi connectivity index (χ3v) is 6.87. The van der Waals surface area contributed by atoms with Crippen molar-refractivity contribution in [1.82, 2.24) is 4.98 Å². The van der Waals surface area contributed by atoms with Gasteiger partial charge in [0.2, 0.25) is 12.7 Å². The zero-order valence-corrected chi connectivity index (χ0v) is 17.0. The Labute approximate surface area is 173 Å². The fraction of sp³-hybridized carbons (Fsp3) is 0.304. The Hall–Kier alpha value is -2.86. The SMILES string of the molecule is CC(Cc1ccccc1)c1cnc(NC(=O)C2(c3ccc4c(c3)OCO4)CC2)s1. The molecular weight excluding hydrogens is 384 g/mol. The Kier molecular flexibility index (Phi) is 4.51. The summed E-state index contributed by atoms with van der Waals surface area (Å²) >= 11 is 1.56. The van der Waals surface area contributed by atoms with E-state index in [0.717, 1.165) is 30.6 Å². The number of carbonyl (C=O) groups is 1. The smallest absolute Gasteiger partial charge is 0.236 e. The number of ether oxygens (including phenoxy) is 2. The van der Waals surface area contributed by atoms with Crippen LogP contribution in [0.1, 0.15) is 41.7 Å². The van der Waals surface area contributed by atoms with Crippen LogP contribution in [0.4, 0.5) is 5.13 Å². The topological polar surface area (TPSA) is 60.5 Å². The van der Waals surface area contributed by atoms with E-state index in [1.54, 1.807) is 11.3 Å². The van der Waals surface area contributed by atoms with Crippen LogP contribution in [-0.2, 0) is 16.6 Å². The first kappa shape index (κ1) is 18.2. The first-order chi connectivity index (χ1) is 14.1. The van der Waals surface area contributed by atoms with Gasteiger partial charge in [-0.05, 0) is 48.4 Å². The maximum Gasteiger partial charge on any atom is 0.236 e. The van der Waals surface area contributed by atoms with Crippen LogP contribution in [0.15, 0.2) is 54.7 Å². The number of fused-ring (bicyclic) bond motifs is 1. The van der Waals surface area contributed by atoms with Crippen molar-refractivity contribution >= 4 is 22.4 Å². The molecule has 1 saturated carbocycles. The average molecular weight is 407 g/mol. The third-order valence-electron chi connectivity index (χ3n) is 5.72. The molecule has 2 aliphatic rings. The molecule has 0 saturated heterocycles. The minimum atomic E-state index is -0.484. The van der Waals surface area contributed by atoms with E-state index >= 15 is 0 Å². The van der Waals surface area contributed by atoms with E-state index in [1.807, 2.05) is 30.5 Å². The second kappa shape index (κ2) is 7.19. The van der Waals surface area contributed by atoms with E-state index in [1.165, 1.54) is 10.4 Å². The molecule has 1 amide bonds. The first-order valence-corrected chi connectivity index (χ1v) is 10.7. The van der Waals surface area contributed by atoms with Gasteiger partial charge in [-0.2, -0.15) is 0 Å². The number of hydrogen-bond donors (Lipinski definition) is 1. The largest absolute Gasteiger partial charge is 0.454 e. The van der Waals surface area contributed by atoms with Crippen LogP contribution < -0.4 is 14.8 Å². The maximum atomic E-state index is 13.1. The van der Waals surface area contributed by atoms with E-state index in [2.05, 4.69) is 41.5 Å². The maximum absolute atomic E-state index is 13.1. The van der Waals surface area contributed by atoms with Crippen LogP contribution in [0.25, 0.3) is 0 Å². The van der Waals surface area contributed by atoms with Crippen LogP contribution >= 0.6 is 11.3 Å². The molecule has 0 bridgehead atoms. The number of nitrogens with one attached hydrogen (secondary N) is 1. The molecule has 1 fully saturated rings. The summed E-state index contributed by atoms with van der Waals surface area (Å²) in [5.74, 6) is 1.81. The van der Waals surface area contributed by atoms with Gasteiger partial charge < -0.3 is 14.8 Å². The molecular formula is C23H22N2O3S. The number of hydrogen-bond acceptors (Lipinski definition) is 5. The second-order valence-electron chi connectivity index (χ2n) is 7.76. The molecule has 5 nitrogen and oxygen atoms in total. The van der Waals surface area contributed by atoms with Crippen LogP contribution in [0, 0.1) is 0 Å². The van der Waals surface area contributed by atoms with Crippen molar-refractivity contribution < 1.29 is 14.3 Å². The van der Waals surface area contributed by atoms with Crippen LogP contribution in [0.5, 0.6) is 11.5 Å². The lowest BCUT2D eigenvalue weighted by Crippen LogP contribution is -2.27. The Morgan fingerprint density at radius 2 is 1.97 bits per heavy atom. The molecule has 1 aliphatic heterocycles. The zero-order chi connectivity index (χ0) is 19.8. The molecule has 1 unspecified atom stereocenters. The predicted octanol–water partition coefficient (Wildman–Crippen LogP) is 4.89. The van der Waals surface area contributed by atoms with E-state index in [0.29, 0.717) is 16.8 Å². The molecule has 148 valence electrons. The molecule has 0 radical (unpaired) electrons. The van der Waals surface area contributed by atoms with Crippen molar-refractivity contribution in [2.45, 2.75) is 37.5 Å². The van der Waals surface area contributed by atoms with Gasteiger partial charge in [-0.25, -0.2) is 4.98 Å². The molecule has 5 rings (SSSR count). The van der Waals surface area contributed by atoms with Gasteiger partial charge in [0, 0.05) is 11.1 Å². The van der Waals surface area contributed by atoms with Crippen molar-refractivity contribution in [1.29, 1.82) is 0 Å². The van der Waals surface area contributed by atoms with Crippen molar-refractivity contribution in [3.8, 4) is 11.5 Å². The summed E-state index contributed by atoms with van der Waals surface area (Å²) in [7, 11) is 0. The van der Waals surface area contributed by atoms with Crippen LogP contribution in [-0.4, -0.2) is 17.7 Å². The molecule has 1 atom stereocenters. The number of anilines is 1. The standard InChI is InChI=1S/C23H22N2O3S/c1-15(11-16-5-3-2-4-6-16)20-13-24-22(29-20)25-21(26)23(9-10-23)17-7-8-18-19(12-17)28-14-27-18/h2-8,12-13,15H,9-11,14H2,1H3,(H,24,25,26). The quantitative estimate of drug-likeness (QED) is 0.633. The summed E-state index contributed by atoms with van der Waals surface area (Å²) in [5.41, 5.74) is 1.80. The van der Waals surface area contributed by atoms with Crippen molar-refractivity contribution in [3.05, 3.63) is 70.7 Å². The van der Waals surface area contributed by atoms with Gasteiger partial charge >= 0.3 is 0 Å². The predicted molar refractivity (Wildman–Crippen MR) is 113 cm³/mol. The Morgan fingerprint density at radius 1 is 1.17 bits per heavy atom. The number of nitrogens with zero attached hydrogens (tertiary/aromatic N) is 1. The van der Waals surface area contributed by atoms with Gasteiger partial charge in [-0.15, -0.1) is 11.3 Å². The molecule has 1 N–H and O–H groups in total. The van der Waals surface area contributed by atoms with E-state index < -0.39 is 5.41 Å². The number of aromatic nitrogens is 1. The number of benzene rings is 2. The number of amides is 1. The highest BCUT2D eigenvalue weighted by Gasteiger charge is 2.52. The van der Waals surface area contributed by atoms with Crippen LogP contribution in [0.2, 0.25) is 0 Å². The second-order valence-corrected chi connectivity index (χ2v) is 8.83. The lowest BCUT2D eigenvalue weighted by atomic mass is 9.94. The van der Waals surface area contributed by atoms with Crippen molar-refractivity contribution in [2.75, 3.05) is 12.1 Å². The van der Waals surface area contributed by atoms with E-state index in [4.69, 9.17) is 9.47 Å². The first-order valence-electron chi connectivity index (χ1n) is 9.85. The molecule has 1 aromatic heterocycles. The van der Waals surface area contributed by atoms with Gasteiger partial charge in [0.25, 0.3) is 0 Å². The highest BCUT2D eigenvalue weighted by Crippen LogP contribution is 2.51. The molecule has 2 aromatic carbocycles. The molecule has 6 heteroatoms. The van der Waals surface area contributed by atoms with Crippen molar-refractivity contribution in [2.24, 2.45) is 0 Å². The minimum absolute atomic E-state index is 0.00739. The van der Waals surface area contributed by atoms with E-state index in [9.17, 15) is 4.79 Å². The molecule has 2 heterocycles.